The zero-order chi connectivity index (χ0) is 13.9. The van der Waals surface area contributed by atoms with Crippen molar-refractivity contribution >= 4 is 23.2 Å². The minimum atomic E-state index is 0.171. The molecule has 20 heavy (non-hydrogen) atoms. The molecular weight excluding hydrogens is 297 g/mol. The van der Waals surface area contributed by atoms with Gasteiger partial charge in [0.2, 0.25) is 0 Å². The van der Waals surface area contributed by atoms with Gasteiger partial charge in [0, 0.05) is 15.6 Å². The lowest BCUT2D eigenvalue weighted by molar-refractivity contribution is 0.402. The Bertz CT molecular complexity index is 572. The van der Waals surface area contributed by atoms with Gasteiger partial charge in [-0.15, -0.1) is 0 Å². The Morgan fingerprint density at radius 2 is 1.90 bits per heavy atom. The van der Waals surface area contributed by atoms with Gasteiger partial charge in [-0.05, 0) is 37.6 Å². The summed E-state index contributed by atoms with van der Waals surface area (Å²) in [5, 5.41) is 8.64. The predicted octanol–water partition coefficient (Wildman–Crippen LogP) is 4.25. The minimum Gasteiger partial charge on any atom is -0.334 e. The topological polar surface area (TPSA) is 51.0 Å². The van der Waals surface area contributed by atoms with Gasteiger partial charge in [-0.1, -0.05) is 41.2 Å². The molecule has 1 aliphatic rings. The number of hydrogen-bond acceptors (Lipinski definition) is 4. The largest absolute Gasteiger partial charge is 0.334 e. The van der Waals surface area contributed by atoms with Crippen LogP contribution in [0.2, 0.25) is 10.0 Å². The molecule has 0 spiro atoms. The molecule has 2 aromatic rings. The Hall–Kier alpha value is -1.10. The van der Waals surface area contributed by atoms with Crippen molar-refractivity contribution in [2.45, 2.75) is 31.7 Å². The highest BCUT2D eigenvalue weighted by molar-refractivity contribution is 6.35. The Labute approximate surface area is 127 Å². The number of aromatic nitrogens is 2. The van der Waals surface area contributed by atoms with E-state index < -0.39 is 0 Å². The van der Waals surface area contributed by atoms with E-state index in [1.165, 1.54) is 19.3 Å². The monoisotopic (exact) mass is 311 g/mol. The summed E-state index contributed by atoms with van der Waals surface area (Å²) in [6.45, 7) is 0.998. The van der Waals surface area contributed by atoms with Crippen molar-refractivity contribution in [2.24, 2.45) is 0 Å². The molecule has 1 aromatic heterocycles. The normalized spacial score (nSPS) is 19.8. The molecule has 0 amide bonds. The van der Waals surface area contributed by atoms with Crippen molar-refractivity contribution < 1.29 is 4.52 Å². The summed E-state index contributed by atoms with van der Waals surface area (Å²) >= 11 is 12.0. The van der Waals surface area contributed by atoms with Crippen LogP contribution in [0.15, 0.2) is 22.7 Å². The third-order valence-corrected chi connectivity index (χ3v) is 3.86. The lowest BCUT2D eigenvalue weighted by Crippen LogP contribution is -2.21. The van der Waals surface area contributed by atoms with Gasteiger partial charge >= 0.3 is 0 Å². The second-order valence-electron chi connectivity index (χ2n) is 4.97. The third-order valence-electron chi connectivity index (χ3n) is 3.42. The highest BCUT2D eigenvalue weighted by Gasteiger charge is 2.20. The lowest BCUT2D eigenvalue weighted by atomic mass is 10.1. The van der Waals surface area contributed by atoms with Crippen molar-refractivity contribution in [1.29, 1.82) is 0 Å². The van der Waals surface area contributed by atoms with Crippen molar-refractivity contribution in [3.63, 3.8) is 0 Å². The maximum atomic E-state index is 5.99. The maximum absolute atomic E-state index is 5.99. The third kappa shape index (κ3) is 3.14. The first kappa shape index (κ1) is 13.9. The maximum Gasteiger partial charge on any atom is 0.258 e. The van der Waals surface area contributed by atoms with Crippen LogP contribution < -0.4 is 5.32 Å². The summed E-state index contributed by atoms with van der Waals surface area (Å²) in [4.78, 5) is 4.47. The molecule has 4 nitrogen and oxygen atoms in total. The lowest BCUT2D eigenvalue weighted by Gasteiger charge is -2.09. The van der Waals surface area contributed by atoms with Gasteiger partial charge in [-0.2, -0.15) is 4.98 Å². The highest BCUT2D eigenvalue weighted by atomic mass is 35.5. The smallest absolute Gasteiger partial charge is 0.258 e. The second-order valence-corrected chi connectivity index (χ2v) is 5.84. The summed E-state index contributed by atoms with van der Waals surface area (Å²) in [6.07, 6.45) is 4.67. The van der Waals surface area contributed by atoms with Crippen LogP contribution in [0.25, 0.3) is 11.5 Å². The van der Waals surface area contributed by atoms with E-state index >= 15 is 0 Å². The molecule has 1 fully saturated rings. The number of rotatable bonds is 2. The second kappa shape index (κ2) is 6.12. The number of halogens is 2. The molecule has 1 saturated heterocycles. The summed E-state index contributed by atoms with van der Waals surface area (Å²) in [6, 6.07) is 5.39. The number of benzene rings is 1. The van der Waals surface area contributed by atoms with E-state index in [-0.39, 0.29) is 6.04 Å². The number of nitrogens with one attached hydrogen (secondary N) is 1. The molecule has 0 bridgehead atoms. The van der Waals surface area contributed by atoms with E-state index in [2.05, 4.69) is 15.5 Å². The SMILES string of the molecule is Clc1cc(Cl)cc(-c2nc(C3CCCCCN3)no2)c1. The zero-order valence-corrected chi connectivity index (χ0v) is 12.4. The van der Waals surface area contributed by atoms with Crippen LogP contribution in [-0.2, 0) is 0 Å². The minimum absolute atomic E-state index is 0.171. The van der Waals surface area contributed by atoms with Crippen molar-refractivity contribution in [2.75, 3.05) is 6.54 Å². The van der Waals surface area contributed by atoms with Crippen molar-refractivity contribution in [1.82, 2.24) is 15.5 Å². The Kier molecular flexibility index (Phi) is 4.24. The quantitative estimate of drug-likeness (QED) is 0.901. The summed E-state index contributed by atoms with van der Waals surface area (Å²) in [7, 11) is 0. The van der Waals surface area contributed by atoms with Gasteiger partial charge in [0.15, 0.2) is 5.82 Å². The van der Waals surface area contributed by atoms with E-state index in [0.717, 1.165) is 18.5 Å². The summed E-state index contributed by atoms with van der Waals surface area (Å²) in [5.41, 5.74) is 0.745. The van der Waals surface area contributed by atoms with E-state index in [1.54, 1.807) is 18.2 Å². The fourth-order valence-electron chi connectivity index (χ4n) is 2.42. The first-order valence-corrected chi connectivity index (χ1v) is 7.51. The molecule has 1 aliphatic heterocycles. The van der Waals surface area contributed by atoms with E-state index in [9.17, 15) is 0 Å². The van der Waals surface area contributed by atoms with Crippen LogP contribution in [0.3, 0.4) is 0 Å². The van der Waals surface area contributed by atoms with Gasteiger partial charge in [0.25, 0.3) is 5.89 Å². The Morgan fingerprint density at radius 3 is 2.70 bits per heavy atom. The van der Waals surface area contributed by atoms with Gasteiger partial charge < -0.3 is 9.84 Å². The molecule has 1 atom stereocenters. The molecule has 0 aliphatic carbocycles. The highest BCUT2D eigenvalue weighted by Crippen LogP contribution is 2.28. The molecule has 1 unspecified atom stereocenters. The Morgan fingerprint density at radius 1 is 1.10 bits per heavy atom. The molecule has 0 radical (unpaired) electrons. The van der Waals surface area contributed by atoms with Crippen LogP contribution in [0.1, 0.15) is 37.5 Å². The zero-order valence-electron chi connectivity index (χ0n) is 10.9. The molecule has 0 saturated carbocycles. The van der Waals surface area contributed by atoms with Crippen LogP contribution in [-0.4, -0.2) is 16.7 Å². The van der Waals surface area contributed by atoms with Crippen LogP contribution in [0, 0.1) is 0 Å². The molecule has 2 heterocycles. The van der Waals surface area contributed by atoms with E-state index in [4.69, 9.17) is 27.7 Å². The van der Waals surface area contributed by atoms with Crippen LogP contribution in [0.4, 0.5) is 0 Å². The van der Waals surface area contributed by atoms with Crippen LogP contribution in [0.5, 0.6) is 0 Å². The molecule has 1 N–H and O–H groups in total. The van der Waals surface area contributed by atoms with Gasteiger partial charge in [0.05, 0.1) is 6.04 Å². The van der Waals surface area contributed by atoms with Gasteiger partial charge in [0.1, 0.15) is 0 Å². The molecule has 6 heteroatoms. The van der Waals surface area contributed by atoms with Crippen molar-refractivity contribution in [3.8, 4) is 11.5 Å². The molecule has 106 valence electrons. The van der Waals surface area contributed by atoms with E-state index in [1.807, 2.05) is 0 Å². The van der Waals surface area contributed by atoms with E-state index in [0.29, 0.717) is 21.8 Å². The van der Waals surface area contributed by atoms with Gasteiger partial charge in [-0.3, -0.25) is 0 Å². The summed E-state index contributed by atoms with van der Waals surface area (Å²) in [5.74, 6) is 1.16. The average molecular weight is 312 g/mol. The fourth-order valence-corrected chi connectivity index (χ4v) is 2.95. The first-order chi connectivity index (χ1) is 9.72. The predicted molar refractivity (Wildman–Crippen MR) is 79.0 cm³/mol. The fraction of sp³-hybridized carbons (Fsp3) is 0.429. The molecule has 3 rings (SSSR count). The van der Waals surface area contributed by atoms with Crippen LogP contribution >= 0.6 is 23.2 Å². The molecule has 1 aromatic carbocycles. The first-order valence-electron chi connectivity index (χ1n) is 6.76. The molecular formula is C14H15Cl2N3O. The average Bonchev–Trinajstić information content (AvgIpc) is 2.74. The standard InChI is InChI=1S/C14H15Cl2N3O/c15-10-6-9(7-11(16)8-10)14-18-13(19-20-14)12-4-2-1-3-5-17-12/h6-8,12,17H,1-5H2. The number of hydrogen-bond donors (Lipinski definition) is 1. The number of nitrogens with zero attached hydrogens (tertiary/aromatic N) is 2. The summed E-state index contributed by atoms with van der Waals surface area (Å²) < 4.78 is 5.34. The van der Waals surface area contributed by atoms with Gasteiger partial charge in [-0.25, -0.2) is 0 Å². The van der Waals surface area contributed by atoms with Crippen molar-refractivity contribution in [3.05, 3.63) is 34.1 Å². The Balaban J connectivity index is 1.85.